The van der Waals surface area contributed by atoms with Gasteiger partial charge in [-0.1, -0.05) is 6.92 Å². The molecule has 0 spiro atoms. The molecular formula is C33H34F2N8O4. The van der Waals surface area contributed by atoms with Crippen LogP contribution in [0, 0.1) is 28.9 Å². The Kier molecular flexibility index (Phi) is 9.28. The SMILES string of the molecule is CCc1cc(Nc2nccn3c(-c4ccc(OCC#N)c(F)c4F)cnc23)ccc1C(=O)N1CCN(C(=O)[C@H]2CCNC[C@@H]2O)CC1. The Morgan fingerprint density at radius 3 is 2.66 bits per heavy atom. The second kappa shape index (κ2) is 13.7. The third-order valence-electron chi connectivity index (χ3n) is 8.67. The Bertz CT molecular complexity index is 1850. The van der Waals surface area contributed by atoms with Gasteiger partial charge in [0.25, 0.3) is 5.91 Å². The first-order valence-electron chi connectivity index (χ1n) is 15.5. The minimum absolute atomic E-state index is 0.0401. The van der Waals surface area contributed by atoms with Crippen LogP contribution in [0.2, 0.25) is 0 Å². The maximum atomic E-state index is 15.0. The largest absolute Gasteiger partial charge is 0.476 e. The normalized spacial score (nSPS) is 18.2. The van der Waals surface area contributed by atoms with E-state index in [-0.39, 0.29) is 28.8 Å². The Morgan fingerprint density at radius 2 is 1.91 bits per heavy atom. The number of anilines is 2. The highest BCUT2D eigenvalue weighted by Crippen LogP contribution is 2.32. The number of hydrogen-bond acceptors (Lipinski definition) is 9. The number of aliphatic hydroxyl groups excluding tert-OH is 1. The molecule has 2 fully saturated rings. The highest BCUT2D eigenvalue weighted by Gasteiger charge is 2.34. The maximum absolute atomic E-state index is 15.0. The zero-order valence-corrected chi connectivity index (χ0v) is 25.7. The molecule has 2 aliphatic heterocycles. The van der Waals surface area contributed by atoms with Crippen LogP contribution in [-0.4, -0.2) is 93.1 Å². The molecule has 3 N–H and O–H groups in total. The number of aliphatic hydroxyl groups is 1. The van der Waals surface area contributed by atoms with Crippen LogP contribution in [-0.2, 0) is 11.2 Å². The number of nitrogens with zero attached hydrogens (tertiary/aromatic N) is 6. The summed E-state index contributed by atoms with van der Waals surface area (Å²) in [6.45, 7) is 4.30. The molecule has 0 saturated carbocycles. The van der Waals surface area contributed by atoms with Crippen LogP contribution >= 0.6 is 0 Å². The molecule has 12 nitrogen and oxygen atoms in total. The second-order valence-electron chi connectivity index (χ2n) is 11.4. The van der Waals surface area contributed by atoms with Crippen molar-refractivity contribution in [3.8, 4) is 23.1 Å². The van der Waals surface area contributed by atoms with Gasteiger partial charge in [0.15, 0.2) is 29.6 Å². The fourth-order valence-corrected chi connectivity index (χ4v) is 6.13. The molecule has 0 bridgehead atoms. The molecule has 6 rings (SSSR count). The van der Waals surface area contributed by atoms with E-state index in [0.29, 0.717) is 74.8 Å². The van der Waals surface area contributed by atoms with Crippen molar-refractivity contribution in [1.82, 2.24) is 29.5 Å². The van der Waals surface area contributed by atoms with Gasteiger partial charge in [-0.3, -0.25) is 14.0 Å². The van der Waals surface area contributed by atoms with Gasteiger partial charge in [0, 0.05) is 61.9 Å². The molecule has 2 aromatic carbocycles. The average molecular weight is 645 g/mol. The van der Waals surface area contributed by atoms with E-state index in [1.54, 1.807) is 38.6 Å². The van der Waals surface area contributed by atoms with Gasteiger partial charge in [-0.25, -0.2) is 14.4 Å². The van der Waals surface area contributed by atoms with E-state index in [1.807, 2.05) is 13.0 Å². The van der Waals surface area contributed by atoms with Crippen LogP contribution < -0.4 is 15.4 Å². The number of aryl methyl sites for hydroxylation is 1. The van der Waals surface area contributed by atoms with Crippen LogP contribution in [0.25, 0.3) is 16.9 Å². The van der Waals surface area contributed by atoms with E-state index >= 15 is 4.39 Å². The summed E-state index contributed by atoms with van der Waals surface area (Å²) in [5.41, 5.74) is 2.67. The van der Waals surface area contributed by atoms with Crippen LogP contribution in [0.3, 0.4) is 0 Å². The lowest BCUT2D eigenvalue weighted by molar-refractivity contribution is -0.141. The van der Waals surface area contributed by atoms with Crippen LogP contribution in [0.4, 0.5) is 20.3 Å². The summed E-state index contributed by atoms with van der Waals surface area (Å²) in [5.74, 6) is -2.89. The molecule has 47 heavy (non-hydrogen) atoms. The van der Waals surface area contributed by atoms with Crippen molar-refractivity contribution in [3.63, 3.8) is 0 Å². The number of piperidine rings is 1. The predicted molar refractivity (Wildman–Crippen MR) is 168 cm³/mol. The first kappa shape index (κ1) is 31.8. The number of nitriles is 1. The number of rotatable bonds is 8. The van der Waals surface area contributed by atoms with Crippen molar-refractivity contribution >= 4 is 29.0 Å². The van der Waals surface area contributed by atoms with Crippen molar-refractivity contribution < 1.29 is 28.2 Å². The number of fused-ring (bicyclic) bond motifs is 1. The minimum atomic E-state index is -1.20. The van der Waals surface area contributed by atoms with Crippen LogP contribution in [0.15, 0.2) is 48.9 Å². The highest BCUT2D eigenvalue weighted by molar-refractivity contribution is 5.96. The van der Waals surface area contributed by atoms with Gasteiger partial charge < -0.3 is 30.3 Å². The van der Waals surface area contributed by atoms with E-state index in [1.165, 1.54) is 24.5 Å². The van der Waals surface area contributed by atoms with Crippen molar-refractivity contribution in [1.29, 1.82) is 5.26 Å². The molecule has 14 heteroatoms. The molecule has 0 unspecified atom stereocenters. The minimum Gasteiger partial charge on any atom is -0.476 e. The molecular weight excluding hydrogens is 610 g/mol. The van der Waals surface area contributed by atoms with Crippen molar-refractivity contribution in [2.75, 3.05) is 51.2 Å². The number of carbonyl (C=O) groups excluding carboxylic acids is 2. The molecule has 2 aliphatic rings. The smallest absolute Gasteiger partial charge is 0.254 e. The zero-order chi connectivity index (χ0) is 33.1. The molecule has 4 heterocycles. The summed E-state index contributed by atoms with van der Waals surface area (Å²) in [5, 5.41) is 25.3. The number of hydrogen-bond donors (Lipinski definition) is 3. The summed E-state index contributed by atoms with van der Waals surface area (Å²) in [6, 6.07) is 9.76. The molecule has 2 saturated heterocycles. The van der Waals surface area contributed by atoms with Gasteiger partial charge >= 0.3 is 0 Å². The van der Waals surface area contributed by atoms with Crippen molar-refractivity contribution in [2.45, 2.75) is 25.9 Å². The molecule has 2 aromatic heterocycles. The number of piperazine rings is 1. The highest BCUT2D eigenvalue weighted by atomic mass is 19.2. The Labute approximate surface area is 269 Å². The lowest BCUT2D eigenvalue weighted by Gasteiger charge is -2.38. The maximum Gasteiger partial charge on any atom is 0.254 e. The molecule has 4 aromatic rings. The Balaban J connectivity index is 1.16. The summed E-state index contributed by atoms with van der Waals surface area (Å²) in [4.78, 5) is 38.9. The van der Waals surface area contributed by atoms with Gasteiger partial charge in [0.2, 0.25) is 11.7 Å². The second-order valence-corrected chi connectivity index (χ2v) is 11.4. The number of ether oxygens (including phenoxy) is 1. The first-order valence-corrected chi connectivity index (χ1v) is 15.5. The quantitative estimate of drug-likeness (QED) is 0.263. The number of carbonyl (C=O) groups is 2. The van der Waals surface area contributed by atoms with E-state index < -0.39 is 30.3 Å². The predicted octanol–water partition coefficient (Wildman–Crippen LogP) is 3.14. The molecule has 2 amide bonds. The number of imidazole rings is 1. The van der Waals surface area contributed by atoms with Gasteiger partial charge in [-0.15, -0.1) is 0 Å². The number of aromatic nitrogens is 3. The lowest BCUT2D eigenvalue weighted by atomic mass is 9.93. The van der Waals surface area contributed by atoms with E-state index in [9.17, 15) is 19.1 Å². The summed E-state index contributed by atoms with van der Waals surface area (Å²) < 4.78 is 36.2. The first-order chi connectivity index (χ1) is 22.8. The summed E-state index contributed by atoms with van der Waals surface area (Å²) in [7, 11) is 0. The van der Waals surface area contributed by atoms with Gasteiger partial charge in [0.1, 0.15) is 6.07 Å². The number of amides is 2. The van der Waals surface area contributed by atoms with Crippen molar-refractivity contribution in [2.24, 2.45) is 5.92 Å². The third-order valence-corrected chi connectivity index (χ3v) is 8.67. The fraction of sp³-hybridized carbons (Fsp3) is 0.364. The molecule has 244 valence electrons. The monoisotopic (exact) mass is 644 g/mol. The molecule has 2 atom stereocenters. The summed E-state index contributed by atoms with van der Waals surface area (Å²) >= 11 is 0. The number of nitrogens with one attached hydrogen (secondary N) is 2. The average Bonchev–Trinajstić information content (AvgIpc) is 3.53. The van der Waals surface area contributed by atoms with Gasteiger partial charge in [0.05, 0.1) is 23.9 Å². The topological polar surface area (TPSA) is 148 Å². The van der Waals surface area contributed by atoms with E-state index in [4.69, 9.17) is 10.00 Å². The zero-order valence-electron chi connectivity index (χ0n) is 25.7. The van der Waals surface area contributed by atoms with E-state index in [2.05, 4.69) is 20.6 Å². The Hall–Kier alpha value is -5.13. The number of benzene rings is 2. The summed E-state index contributed by atoms with van der Waals surface area (Å²) in [6.07, 6.45) is 4.99. The lowest BCUT2D eigenvalue weighted by Crippen LogP contribution is -2.55. The van der Waals surface area contributed by atoms with Gasteiger partial charge in [-0.05, 0) is 55.3 Å². The third kappa shape index (κ3) is 6.32. The standard InChI is InChI=1S/C33H34F2N8O4/c1-2-20-17-21(3-4-22(20)32(45)41-12-14-42(15-13-41)33(46)24-7-9-37-19-26(24)44)40-30-31-39-18-25(43(31)11-10-38-30)23-5-6-27(47-16-8-36)29(35)28(23)34/h3-6,10-11,17-18,24,26,37,44H,2,7,9,12-16,19H2,1H3,(H,38,40)/t24-,26-/m0/s1. The van der Waals surface area contributed by atoms with E-state index in [0.717, 1.165) is 5.56 Å². The van der Waals surface area contributed by atoms with Crippen LogP contribution in [0.1, 0.15) is 29.3 Å². The Morgan fingerprint density at radius 1 is 1.13 bits per heavy atom. The van der Waals surface area contributed by atoms with Crippen LogP contribution in [0.5, 0.6) is 5.75 Å². The number of β-amino-alcohol motifs (C(OH)–C–C–N with tert-alkyl or cyclic N) is 1. The molecule has 0 radical (unpaired) electrons. The van der Waals surface area contributed by atoms with Crippen molar-refractivity contribution in [3.05, 3.63) is 71.7 Å². The number of halogens is 2. The molecule has 0 aliphatic carbocycles. The van der Waals surface area contributed by atoms with Gasteiger partial charge in [-0.2, -0.15) is 9.65 Å². The fourth-order valence-electron chi connectivity index (χ4n) is 6.13.